The minimum absolute atomic E-state index is 0.0586. The van der Waals surface area contributed by atoms with E-state index in [0.717, 1.165) is 5.75 Å². The molecule has 5 nitrogen and oxygen atoms in total. The van der Waals surface area contributed by atoms with Crippen LogP contribution in [0.25, 0.3) is 0 Å². The van der Waals surface area contributed by atoms with Gasteiger partial charge in [-0.25, -0.2) is 0 Å². The van der Waals surface area contributed by atoms with Crippen molar-refractivity contribution in [2.75, 3.05) is 32.2 Å². The van der Waals surface area contributed by atoms with Crippen molar-refractivity contribution < 1.29 is 14.3 Å². The number of amides is 1. The van der Waals surface area contributed by atoms with E-state index in [0.29, 0.717) is 25.9 Å². The fourth-order valence-electron chi connectivity index (χ4n) is 2.17. The van der Waals surface area contributed by atoms with E-state index in [1.807, 2.05) is 13.2 Å². The number of esters is 1. The van der Waals surface area contributed by atoms with Crippen LogP contribution in [-0.4, -0.2) is 55.0 Å². The lowest BCUT2D eigenvalue weighted by atomic mass is 9.90. The fourth-order valence-corrected chi connectivity index (χ4v) is 2.65. The summed E-state index contributed by atoms with van der Waals surface area (Å²) in [7, 11) is 1.38. The van der Waals surface area contributed by atoms with Crippen molar-refractivity contribution in [2.45, 2.75) is 25.8 Å². The standard InChI is InChI=1S/C12H22N2O3S/c1-12(11(16)17-2)5-6-14(8-12)10(15)9(13)4-7-18-3/h9H,4-8,13H2,1-3H3. The van der Waals surface area contributed by atoms with E-state index in [1.54, 1.807) is 16.7 Å². The number of nitrogens with two attached hydrogens (primary N) is 1. The molecule has 0 aliphatic carbocycles. The highest BCUT2D eigenvalue weighted by Gasteiger charge is 2.43. The molecule has 1 saturated heterocycles. The molecule has 2 unspecified atom stereocenters. The van der Waals surface area contributed by atoms with Gasteiger partial charge in [0.15, 0.2) is 0 Å². The van der Waals surface area contributed by atoms with E-state index >= 15 is 0 Å². The van der Waals surface area contributed by atoms with Crippen LogP contribution in [0, 0.1) is 5.41 Å². The number of carbonyl (C=O) groups is 2. The molecule has 0 saturated carbocycles. The second-order valence-corrected chi connectivity index (χ2v) is 5.94. The Morgan fingerprint density at radius 3 is 2.78 bits per heavy atom. The lowest BCUT2D eigenvalue weighted by Crippen LogP contribution is -2.44. The van der Waals surface area contributed by atoms with Gasteiger partial charge < -0.3 is 15.4 Å². The third kappa shape index (κ3) is 3.38. The number of rotatable bonds is 5. The van der Waals surface area contributed by atoms with Crippen LogP contribution >= 0.6 is 11.8 Å². The van der Waals surface area contributed by atoms with Crippen LogP contribution in [0.3, 0.4) is 0 Å². The van der Waals surface area contributed by atoms with Crippen LogP contribution in [0.15, 0.2) is 0 Å². The van der Waals surface area contributed by atoms with Gasteiger partial charge in [-0.2, -0.15) is 11.8 Å². The van der Waals surface area contributed by atoms with E-state index in [2.05, 4.69) is 0 Å². The normalized spacial score (nSPS) is 25.0. The highest BCUT2D eigenvalue weighted by Crippen LogP contribution is 2.31. The van der Waals surface area contributed by atoms with Crippen molar-refractivity contribution in [2.24, 2.45) is 11.1 Å². The van der Waals surface area contributed by atoms with Crippen LogP contribution in [0.5, 0.6) is 0 Å². The number of thioether (sulfide) groups is 1. The summed E-state index contributed by atoms with van der Waals surface area (Å²) in [6, 6.07) is -0.461. The SMILES string of the molecule is COC(=O)C1(C)CCN(C(=O)C(N)CCSC)C1. The molecule has 0 aromatic heterocycles. The summed E-state index contributed by atoms with van der Waals surface area (Å²) in [4.78, 5) is 25.4. The van der Waals surface area contributed by atoms with E-state index in [4.69, 9.17) is 10.5 Å². The van der Waals surface area contributed by atoms with Crippen molar-refractivity contribution in [3.63, 3.8) is 0 Å². The number of methoxy groups -OCH3 is 1. The zero-order valence-electron chi connectivity index (χ0n) is 11.3. The second kappa shape index (κ2) is 6.43. The maximum atomic E-state index is 12.1. The van der Waals surface area contributed by atoms with Gasteiger partial charge in [0.2, 0.25) is 5.91 Å². The molecule has 0 bridgehead atoms. The predicted molar refractivity (Wildman–Crippen MR) is 72.3 cm³/mol. The summed E-state index contributed by atoms with van der Waals surface area (Å²) in [5.74, 6) is 0.557. The highest BCUT2D eigenvalue weighted by molar-refractivity contribution is 7.98. The van der Waals surface area contributed by atoms with Gasteiger partial charge in [0.05, 0.1) is 18.6 Å². The number of hydrogen-bond acceptors (Lipinski definition) is 5. The Kier molecular flexibility index (Phi) is 5.47. The summed E-state index contributed by atoms with van der Waals surface area (Å²) < 4.78 is 4.78. The number of carbonyl (C=O) groups excluding carboxylic acids is 2. The van der Waals surface area contributed by atoms with Gasteiger partial charge in [-0.3, -0.25) is 9.59 Å². The Morgan fingerprint density at radius 1 is 1.56 bits per heavy atom. The Balaban J connectivity index is 2.55. The summed E-state index contributed by atoms with van der Waals surface area (Å²) in [6.07, 6.45) is 3.30. The molecule has 6 heteroatoms. The third-order valence-electron chi connectivity index (χ3n) is 3.41. The molecule has 0 radical (unpaired) electrons. The number of nitrogens with zero attached hydrogens (tertiary/aromatic N) is 1. The van der Waals surface area contributed by atoms with E-state index in [9.17, 15) is 9.59 Å². The summed E-state index contributed by atoms with van der Waals surface area (Å²) in [6.45, 7) is 2.82. The average Bonchev–Trinajstić information content (AvgIpc) is 2.77. The first-order chi connectivity index (χ1) is 8.44. The highest BCUT2D eigenvalue weighted by atomic mass is 32.2. The molecule has 1 aliphatic heterocycles. The molecule has 1 fully saturated rings. The van der Waals surface area contributed by atoms with Gasteiger partial charge in [-0.15, -0.1) is 0 Å². The van der Waals surface area contributed by atoms with Crippen molar-refractivity contribution >= 4 is 23.6 Å². The molecule has 1 aliphatic rings. The zero-order chi connectivity index (χ0) is 13.8. The fraction of sp³-hybridized carbons (Fsp3) is 0.833. The molecular weight excluding hydrogens is 252 g/mol. The minimum atomic E-state index is -0.580. The first-order valence-corrected chi connectivity index (χ1v) is 7.45. The second-order valence-electron chi connectivity index (χ2n) is 4.95. The third-order valence-corrected chi connectivity index (χ3v) is 4.06. The van der Waals surface area contributed by atoms with Crippen LogP contribution in [0.1, 0.15) is 19.8 Å². The Morgan fingerprint density at radius 2 is 2.22 bits per heavy atom. The monoisotopic (exact) mass is 274 g/mol. The maximum absolute atomic E-state index is 12.1. The van der Waals surface area contributed by atoms with Crippen molar-refractivity contribution in [3.8, 4) is 0 Å². The lowest BCUT2D eigenvalue weighted by Gasteiger charge is -2.23. The van der Waals surface area contributed by atoms with Gasteiger partial charge in [0, 0.05) is 13.1 Å². The Labute approximate surface area is 112 Å². The molecule has 2 atom stereocenters. The smallest absolute Gasteiger partial charge is 0.313 e. The summed E-state index contributed by atoms with van der Waals surface area (Å²) >= 11 is 1.67. The quantitative estimate of drug-likeness (QED) is 0.738. The average molecular weight is 274 g/mol. The van der Waals surface area contributed by atoms with Gasteiger partial charge in [-0.05, 0) is 31.8 Å². The summed E-state index contributed by atoms with van der Waals surface area (Å²) in [5, 5.41) is 0. The molecule has 104 valence electrons. The predicted octanol–water partition coefficient (Wildman–Crippen LogP) is 0.478. The Hall–Kier alpha value is -0.750. The van der Waals surface area contributed by atoms with E-state index in [1.165, 1.54) is 7.11 Å². The van der Waals surface area contributed by atoms with Gasteiger partial charge >= 0.3 is 5.97 Å². The van der Waals surface area contributed by atoms with Gasteiger partial charge in [0.1, 0.15) is 0 Å². The number of hydrogen-bond donors (Lipinski definition) is 1. The van der Waals surface area contributed by atoms with Crippen molar-refractivity contribution in [1.82, 2.24) is 4.90 Å². The molecule has 1 amide bonds. The Bertz CT molecular complexity index is 324. The molecule has 18 heavy (non-hydrogen) atoms. The van der Waals surface area contributed by atoms with Gasteiger partial charge in [0.25, 0.3) is 0 Å². The largest absolute Gasteiger partial charge is 0.469 e. The molecule has 0 aromatic carbocycles. The first kappa shape index (κ1) is 15.3. The molecule has 0 spiro atoms. The molecular formula is C12H22N2O3S. The molecule has 1 heterocycles. The van der Waals surface area contributed by atoms with Crippen molar-refractivity contribution in [1.29, 1.82) is 0 Å². The molecule has 0 aromatic rings. The summed E-state index contributed by atoms with van der Waals surface area (Å²) in [5.41, 5.74) is 5.28. The number of ether oxygens (including phenoxy) is 1. The molecule has 2 N–H and O–H groups in total. The lowest BCUT2D eigenvalue weighted by molar-refractivity contribution is -0.151. The van der Waals surface area contributed by atoms with Crippen LogP contribution in [0.4, 0.5) is 0 Å². The minimum Gasteiger partial charge on any atom is -0.469 e. The topological polar surface area (TPSA) is 72.6 Å². The first-order valence-electron chi connectivity index (χ1n) is 6.06. The number of likely N-dealkylation sites (tertiary alicyclic amines) is 1. The van der Waals surface area contributed by atoms with Crippen molar-refractivity contribution in [3.05, 3.63) is 0 Å². The van der Waals surface area contributed by atoms with E-state index < -0.39 is 11.5 Å². The van der Waals surface area contributed by atoms with Crippen LogP contribution < -0.4 is 5.73 Å². The molecule has 1 rings (SSSR count). The van der Waals surface area contributed by atoms with Crippen LogP contribution in [0.2, 0.25) is 0 Å². The zero-order valence-corrected chi connectivity index (χ0v) is 12.1. The van der Waals surface area contributed by atoms with Crippen LogP contribution in [-0.2, 0) is 14.3 Å². The maximum Gasteiger partial charge on any atom is 0.313 e. The van der Waals surface area contributed by atoms with E-state index in [-0.39, 0.29) is 11.9 Å². The van der Waals surface area contributed by atoms with Gasteiger partial charge in [-0.1, -0.05) is 0 Å².